The SMILES string of the molecule is O=C(O)C=Cc1ccc(OC2CCCCC2)c(Cl)c1. The number of aliphatic carboxylic acids is 1. The van der Waals surface area contributed by atoms with E-state index in [9.17, 15) is 4.79 Å². The van der Waals surface area contributed by atoms with Crippen molar-refractivity contribution in [2.45, 2.75) is 38.2 Å². The number of halogens is 1. The van der Waals surface area contributed by atoms with Gasteiger partial charge in [0.1, 0.15) is 5.75 Å². The van der Waals surface area contributed by atoms with Gasteiger partial charge in [-0.2, -0.15) is 0 Å². The second kappa shape index (κ2) is 6.62. The van der Waals surface area contributed by atoms with Crippen LogP contribution in [0.15, 0.2) is 24.3 Å². The van der Waals surface area contributed by atoms with Crippen LogP contribution >= 0.6 is 11.6 Å². The van der Waals surface area contributed by atoms with Crippen molar-refractivity contribution in [3.63, 3.8) is 0 Å². The third-order valence-corrected chi connectivity index (χ3v) is 3.52. The van der Waals surface area contributed by atoms with Crippen molar-refractivity contribution in [3.05, 3.63) is 34.9 Å². The van der Waals surface area contributed by atoms with Gasteiger partial charge in [0, 0.05) is 6.08 Å². The van der Waals surface area contributed by atoms with E-state index in [0.29, 0.717) is 10.8 Å². The van der Waals surface area contributed by atoms with Crippen molar-refractivity contribution < 1.29 is 14.6 Å². The highest BCUT2D eigenvalue weighted by molar-refractivity contribution is 6.32. The summed E-state index contributed by atoms with van der Waals surface area (Å²) in [6.07, 6.45) is 8.72. The summed E-state index contributed by atoms with van der Waals surface area (Å²) in [5.74, 6) is -0.292. The molecule has 1 aromatic carbocycles. The normalized spacial score (nSPS) is 16.7. The number of rotatable bonds is 4. The topological polar surface area (TPSA) is 46.5 Å². The van der Waals surface area contributed by atoms with Crippen molar-refractivity contribution in [1.82, 2.24) is 0 Å². The van der Waals surface area contributed by atoms with E-state index in [4.69, 9.17) is 21.4 Å². The molecule has 1 N–H and O–H groups in total. The first-order valence-electron chi connectivity index (χ1n) is 6.52. The first-order valence-corrected chi connectivity index (χ1v) is 6.90. The first kappa shape index (κ1) is 13.9. The van der Waals surface area contributed by atoms with Crippen LogP contribution in [0.3, 0.4) is 0 Å². The lowest BCUT2D eigenvalue weighted by atomic mass is 9.98. The Bertz CT molecular complexity index is 476. The molecule has 0 radical (unpaired) electrons. The minimum absolute atomic E-state index is 0.256. The number of hydrogen-bond donors (Lipinski definition) is 1. The Morgan fingerprint density at radius 2 is 2.05 bits per heavy atom. The van der Waals surface area contributed by atoms with E-state index in [2.05, 4.69) is 0 Å². The molecule has 1 fully saturated rings. The smallest absolute Gasteiger partial charge is 0.328 e. The van der Waals surface area contributed by atoms with Crippen LogP contribution in [0.5, 0.6) is 5.75 Å². The highest BCUT2D eigenvalue weighted by atomic mass is 35.5. The van der Waals surface area contributed by atoms with E-state index in [0.717, 1.165) is 24.5 Å². The zero-order valence-electron chi connectivity index (χ0n) is 10.6. The van der Waals surface area contributed by atoms with Crippen LogP contribution in [0.2, 0.25) is 5.02 Å². The molecule has 0 atom stereocenters. The Balaban J connectivity index is 2.04. The van der Waals surface area contributed by atoms with E-state index in [1.807, 2.05) is 6.07 Å². The standard InChI is InChI=1S/C15H17ClO3/c16-13-10-11(7-9-15(17)18)6-8-14(13)19-12-4-2-1-3-5-12/h6-10,12H,1-5H2,(H,17,18). The van der Waals surface area contributed by atoms with Gasteiger partial charge in [-0.3, -0.25) is 0 Å². The Kier molecular flexibility index (Phi) is 4.86. The van der Waals surface area contributed by atoms with Gasteiger partial charge < -0.3 is 9.84 Å². The van der Waals surface area contributed by atoms with E-state index in [-0.39, 0.29) is 6.10 Å². The fourth-order valence-electron chi connectivity index (χ4n) is 2.25. The maximum atomic E-state index is 10.4. The average Bonchev–Trinajstić information content (AvgIpc) is 2.40. The molecule has 19 heavy (non-hydrogen) atoms. The van der Waals surface area contributed by atoms with E-state index in [1.54, 1.807) is 12.1 Å². The quantitative estimate of drug-likeness (QED) is 0.843. The maximum Gasteiger partial charge on any atom is 0.328 e. The fraction of sp³-hybridized carbons (Fsp3) is 0.400. The summed E-state index contributed by atoms with van der Waals surface area (Å²) in [5, 5.41) is 9.10. The Morgan fingerprint density at radius 3 is 2.68 bits per heavy atom. The third-order valence-electron chi connectivity index (χ3n) is 3.22. The van der Waals surface area contributed by atoms with Crippen molar-refractivity contribution in [1.29, 1.82) is 0 Å². The summed E-state index contributed by atoms with van der Waals surface area (Å²) >= 11 is 6.16. The molecule has 0 spiro atoms. The lowest BCUT2D eigenvalue weighted by Crippen LogP contribution is -2.19. The number of carboxylic acid groups (broad SMARTS) is 1. The molecule has 0 aliphatic heterocycles. The molecule has 102 valence electrons. The van der Waals surface area contributed by atoms with Crippen molar-refractivity contribution in [3.8, 4) is 5.75 Å². The number of ether oxygens (including phenoxy) is 1. The average molecular weight is 281 g/mol. The molecule has 2 rings (SSSR count). The summed E-state index contributed by atoms with van der Waals surface area (Å²) < 4.78 is 5.89. The minimum Gasteiger partial charge on any atom is -0.489 e. The van der Waals surface area contributed by atoms with Crippen molar-refractivity contribution in [2.75, 3.05) is 0 Å². The predicted molar refractivity (Wildman–Crippen MR) is 75.6 cm³/mol. The van der Waals surface area contributed by atoms with Crippen LogP contribution in [-0.2, 0) is 4.79 Å². The van der Waals surface area contributed by atoms with Crippen molar-refractivity contribution >= 4 is 23.6 Å². The van der Waals surface area contributed by atoms with Crippen LogP contribution in [-0.4, -0.2) is 17.2 Å². The molecule has 4 heteroatoms. The monoisotopic (exact) mass is 280 g/mol. The molecule has 3 nitrogen and oxygen atoms in total. The van der Waals surface area contributed by atoms with Crippen LogP contribution < -0.4 is 4.74 Å². The zero-order valence-corrected chi connectivity index (χ0v) is 11.4. The van der Waals surface area contributed by atoms with E-state index >= 15 is 0 Å². The summed E-state index contributed by atoms with van der Waals surface area (Å²) in [6.45, 7) is 0. The van der Waals surface area contributed by atoms with Gasteiger partial charge in [0.2, 0.25) is 0 Å². The van der Waals surface area contributed by atoms with Gasteiger partial charge in [-0.25, -0.2) is 4.79 Å². The lowest BCUT2D eigenvalue weighted by Gasteiger charge is -2.23. The van der Waals surface area contributed by atoms with Gasteiger partial charge >= 0.3 is 5.97 Å². The Labute approximate surface area is 117 Å². The number of hydrogen-bond acceptors (Lipinski definition) is 2. The van der Waals surface area contributed by atoms with Gasteiger partial charge in [-0.15, -0.1) is 0 Å². The molecule has 1 aliphatic carbocycles. The molecule has 0 bridgehead atoms. The second-order valence-electron chi connectivity index (χ2n) is 4.74. The fourth-order valence-corrected chi connectivity index (χ4v) is 2.48. The molecule has 1 aromatic rings. The van der Waals surface area contributed by atoms with Gasteiger partial charge in [-0.1, -0.05) is 24.1 Å². The van der Waals surface area contributed by atoms with Crippen LogP contribution in [0.1, 0.15) is 37.7 Å². The van der Waals surface area contributed by atoms with Gasteiger partial charge in [0.05, 0.1) is 11.1 Å². The molecule has 1 aliphatic rings. The largest absolute Gasteiger partial charge is 0.489 e. The molecule has 0 amide bonds. The van der Waals surface area contributed by atoms with Crippen LogP contribution in [0.25, 0.3) is 6.08 Å². The zero-order chi connectivity index (χ0) is 13.7. The van der Waals surface area contributed by atoms with Gasteiger partial charge in [0.15, 0.2) is 0 Å². The number of carbonyl (C=O) groups is 1. The maximum absolute atomic E-state index is 10.4. The van der Waals surface area contributed by atoms with Gasteiger partial charge in [0.25, 0.3) is 0 Å². The van der Waals surface area contributed by atoms with E-state index in [1.165, 1.54) is 25.3 Å². The predicted octanol–water partition coefficient (Wildman–Crippen LogP) is 4.15. The van der Waals surface area contributed by atoms with Gasteiger partial charge in [-0.05, 0) is 49.5 Å². The summed E-state index contributed by atoms with van der Waals surface area (Å²) in [6, 6.07) is 5.33. The highest BCUT2D eigenvalue weighted by Crippen LogP contribution is 2.30. The van der Waals surface area contributed by atoms with E-state index < -0.39 is 5.97 Å². The number of carboxylic acids is 1. The van der Waals surface area contributed by atoms with Crippen molar-refractivity contribution in [2.24, 2.45) is 0 Å². The first-order chi connectivity index (χ1) is 9.15. The third kappa shape index (κ3) is 4.28. The highest BCUT2D eigenvalue weighted by Gasteiger charge is 2.16. The Morgan fingerprint density at radius 1 is 1.32 bits per heavy atom. The minimum atomic E-state index is -0.973. The Hall–Kier alpha value is -1.48. The molecule has 0 saturated heterocycles. The summed E-state index contributed by atoms with van der Waals surface area (Å²) in [4.78, 5) is 10.4. The van der Waals surface area contributed by atoms with Crippen LogP contribution in [0.4, 0.5) is 0 Å². The second-order valence-corrected chi connectivity index (χ2v) is 5.15. The van der Waals surface area contributed by atoms with Crippen LogP contribution in [0, 0.1) is 0 Å². The lowest BCUT2D eigenvalue weighted by molar-refractivity contribution is -0.131. The number of benzene rings is 1. The summed E-state index contributed by atoms with van der Waals surface area (Å²) in [5.41, 5.74) is 0.753. The molecule has 0 heterocycles. The molecule has 0 aromatic heterocycles. The molecule has 0 unspecified atom stereocenters. The molecule has 1 saturated carbocycles. The molecular weight excluding hydrogens is 264 g/mol. The molecular formula is C15H17ClO3. The summed E-state index contributed by atoms with van der Waals surface area (Å²) in [7, 11) is 0.